The van der Waals surface area contributed by atoms with Crippen LogP contribution in [0.4, 0.5) is 0 Å². The van der Waals surface area contributed by atoms with Gasteiger partial charge in [-0.25, -0.2) is 8.42 Å². The fraction of sp³-hybridized carbons (Fsp3) is 0.611. The van der Waals surface area contributed by atoms with Gasteiger partial charge in [-0.1, -0.05) is 24.4 Å². The molecule has 1 aliphatic carbocycles. The van der Waals surface area contributed by atoms with Crippen molar-refractivity contribution >= 4 is 39.3 Å². The molecular weight excluding hydrogens is 392 g/mol. The van der Waals surface area contributed by atoms with Crippen LogP contribution in [0.15, 0.2) is 23.1 Å². The van der Waals surface area contributed by atoms with Gasteiger partial charge in [0.05, 0.1) is 15.5 Å². The molecule has 0 radical (unpaired) electrons. The van der Waals surface area contributed by atoms with E-state index in [4.69, 9.17) is 11.6 Å². The van der Waals surface area contributed by atoms with Gasteiger partial charge < -0.3 is 5.32 Å². The first kappa shape index (κ1) is 20.0. The van der Waals surface area contributed by atoms with Gasteiger partial charge in [0.25, 0.3) is 5.91 Å². The van der Waals surface area contributed by atoms with Crippen LogP contribution in [0.1, 0.15) is 48.9 Å². The first-order chi connectivity index (χ1) is 12.5. The summed E-state index contributed by atoms with van der Waals surface area (Å²) in [4.78, 5) is 12.6. The zero-order valence-corrected chi connectivity index (χ0v) is 17.1. The lowest BCUT2D eigenvalue weighted by Gasteiger charge is -2.16. The largest absolute Gasteiger partial charge is 0.351 e. The fourth-order valence-corrected chi connectivity index (χ4v) is 6.42. The maximum absolute atomic E-state index is 12.7. The molecule has 2 fully saturated rings. The summed E-state index contributed by atoms with van der Waals surface area (Å²) in [5.41, 5.74) is 0.220. The van der Waals surface area contributed by atoms with Crippen molar-refractivity contribution in [3.05, 3.63) is 28.8 Å². The number of hydrogen-bond acceptors (Lipinski definition) is 4. The van der Waals surface area contributed by atoms with Crippen LogP contribution in [0.25, 0.3) is 0 Å². The lowest BCUT2D eigenvalue weighted by molar-refractivity contribution is 0.0956. The number of carbonyl (C=O) groups excluding carboxylic acids is 1. The molecule has 0 spiro atoms. The minimum absolute atomic E-state index is 0.134. The van der Waals surface area contributed by atoms with E-state index in [1.54, 1.807) is 0 Å². The SMILES string of the molecule is O=C(NCCSC1CCCC1)c1cc(S(=O)(=O)N2CCCC2)ccc1Cl. The van der Waals surface area contributed by atoms with Crippen LogP contribution in [-0.4, -0.2) is 49.3 Å². The Balaban J connectivity index is 1.62. The van der Waals surface area contributed by atoms with Crippen molar-refractivity contribution < 1.29 is 13.2 Å². The third kappa shape index (κ3) is 4.74. The number of hydrogen-bond donors (Lipinski definition) is 1. The van der Waals surface area contributed by atoms with Crippen molar-refractivity contribution in [1.82, 2.24) is 9.62 Å². The summed E-state index contributed by atoms with van der Waals surface area (Å²) in [5.74, 6) is 0.542. The van der Waals surface area contributed by atoms with Crippen molar-refractivity contribution in [1.29, 1.82) is 0 Å². The van der Waals surface area contributed by atoms with Gasteiger partial charge in [-0.15, -0.1) is 0 Å². The highest BCUT2D eigenvalue weighted by atomic mass is 35.5. The maximum atomic E-state index is 12.7. The fourth-order valence-electron chi connectivity index (χ4n) is 3.46. The maximum Gasteiger partial charge on any atom is 0.252 e. The number of nitrogens with zero attached hydrogens (tertiary/aromatic N) is 1. The molecule has 2 aliphatic rings. The molecule has 8 heteroatoms. The standard InChI is InChI=1S/C18H25ClN2O3S2/c19-17-8-7-15(26(23,24)21-10-3-4-11-21)13-16(17)18(22)20-9-12-25-14-5-1-2-6-14/h7-8,13-14H,1-6,9-12H2,(H,20,22). The summed E-state index contributed by atoms with van der Waals surface area (Å²) in [6.45, 7) is 1.62. The number of rotatable bonds is 7. The molecule has 0 bridgehead atoms. The van der Waals surface area contributed by atoms with Crippen molar-refractivity contribution in [3.63, 3.8) is 0 Å². The molecule has 0 aromatic heterocycles. The van der Waals surface area contributed by atoms with E-state index in [2.05, 4.69) is 5.32 Å². The number of benzene rings is 1. The second-order valence-corrected chi connectivity index (χ2v) is 10.5. The van der Waals surface area contributed by atoms with E-state index in [-0.39, 0.29) is 21.4 Å². The average Bonchev–Trinajstić information content (AvgIpc) is 3.32. The summed E-state index contributed by atoms with van der Waals surface area (Å²) >= 11 is 8.04. The van der Waals surface area contributed by atoms with Gasteiger partial charge in [-0.3, -0.25) is 4.79 Å². The van der Waals surface area contributed by atoms with Crippen LogP contribution in [-0.2, 0) is 10.0 Å². The van der Waals surface area contributed by atoms with Gasteiger partial charge in [-0.2, -0.15) is 16.1 Å². The van der Waals surface area contributed by atoms with E-state index >= 15 is 0 Å². The molecule has 1 aliphatic heterocycles. The summed E-state index contributed by atoms with van der Waals surface area (Å²) in [7, 11) is -3.56. The highest BCUT2D eigenvalue weighted by Gasteiger charge is 2.28. The predicted molar refractivity (Wildman–Crippen MR) is 106 cm³/mol. The molecule has 1 saturated heterocycles. The Labute approximate surface area is 164 Å². The molecule has 0 unspecified atom stereocenters. The monoisotopic (exact) mass is 416 g/mol. The van der Waals surface area contributed by atoms with Gasteiger partial charge in [0, 0.05) is 30.6 Å². The topological polar surface area (TPSA) is 66.5 Å². The molecule has 1 aromatic rings. The van der Waals surface area contributed by atoms with E-state index in [1.807, 2.05) is 11.8 Å². The predicted octanol–water partition coefficient (Wildman–Crippen LogP) is 3.53. The summed E-state index contributed by atoms with van der Waals surface area (Å²) < 4.78 is 26.8. The molecule has 1 N–H and O–H groups in total. The Morgan fingerprint density at radius 2 is 1.88 bits per heavy atom. The van der Waals surface area contributed by atoms with Gasteiger partial charge in [-0.05, 0) is 43.9 Å². The molecule has 1 saturated carbocycles. The van der Waals surface area contributed by atoms with Gasteiger partial charge in [0.15, 0.2) is 0 Å². The summed E-state index contributed by atoms with van der Waals surface area (Å²) in [6, 6.07) is 4.37. The second-order valence-electron chi connectivity index (χ2n) is 6.79. The molecule has 26 heavy (non-hydrogen) atoms. The van der Waals surface area contributed by atoms with E-state index in [0.29, 0.717) is 24.9 Å². The highest BCUT2D eigenvalue weighted by Crippen LogP contribution is 2.29. The molecule has 3 rings (SSSR count). The lowest BCUT2D eigenvalue weighted by Crippen LogP contribution is -2.29. The summed E-state index contributed by atoms with van der Waals surface area (Å²) in [6.07, 6.45) is 6.88. The summed E-state index contributed by atoms with van der Waals surface area (Å²) in [5, 5.41) is 3.84. The molecule has 1 heterocycles. The van der Waals surface area contributed by atoms with Gasteiger partial charge in [0.1, 0.15) is 0 Å². The Morgan fingerprint density at radius 3 is 2.58 bits per heavy atom. The van der Waals surface area contributed by atoms with E-state index in [1.165, 1.54) is 48.2 Å². The number of carbonyl (C=O) groups is 1. The Bertz CT molecular complexity index is 743. The number of sulfonamides is 1. The van der Waals surface area contributed by atoms with Crippen molar-refractivity contribution in [3.8, 4) is 0 Å². The normalized spacial score (nSPS) is 19.1. The van der Waals surface area contributed by atoms with Crippen molar-refractivity contribution in [2.45, 2.75) is 48.7 Å². The quantitative estimate of drug-likeness (QED) is 0.690. The average molecular weight is 417 g/mol. The van der Waals surface area contributed by atoms with E-state index < -0.39 is 10.0 Å². The Kier molecular flexibility index (Phi) is 6.88. The minimum Gasteiger partial charge on any atom is -0.351 e. The van der Waals surface area contributed by atoms with Gasteiger partial charge >= 0.3 is 0 Å². The zero-order valence-electron chi connectivity index (χ0n) is 14.7. The first-order valence-corrected chi connectivity index (χ1v) is 12.0. The van der Waals surface area contributed by atoms with Crippen molar-refractivity contribution in [2.24, 2.45) is 0 Å². The zero-order chi connectivity index (χ0) is 18.6. The third-order valence-corrected chi connectivity index (χ3v) is 8.54. The van der Waals surface area contributed by atoms with Crippen LogP contribution in [0, 0.1) is 0 Å². The number of nitrogens with one attached hydrogen (secondary N) is 1. The molecule has 0 atom stereocenters. The van der Waals surface area contributed by atoms with E-state index in [0.717, 1.165) is 18.6 Å². The van der Waals surface area contributed by atoms with Crippen molar-refractivity contribution in [2.75, 3.05) is 25.4 Å². The number of halogens is 1. The van der Waals surface area contributed by atoms with E-state index in [9.17, 15) is 13.2 Å². The van der Waals surface area contributed by atoms with Crippen LogP contribution in [0.2, 0.25) is 5.02 Å². The molecule has 5 nitrogen and oxygen atoms in total. The van der Waals surface area contributed by atoms with Crippen LogP contribution >= 0.6 is 23.4 Å². The first-order valence-electron chi connectivity index (χ1n) is 9.18. The lowest BCUT2D eigenvalue weighted by atomic mass is 10.2. The Morgan fingerprint density at radius 1 is 1.19 bits per heavy atom. The third-order valence-electron chi connectivity index (χ3n) is 4.93. The minimum atomic E-state index is -3.56. The number of thioether (sulfide) groups is 1. The second kappa shape index (κ2) is 8.95. The van der Waals surface area contributed by atoms with Crippen LogP contribution < -0.4 is 5.32 Å². The van der Waals surface area contributed by atoms with Crippen LogP contribution in [0.5, 0.6) is 0 Å². The molecule has 144 valence electrons. The molecule has 1 aromatic carbocycles. The van der Waals surface area contributed by atoms with Crippen LogP contribution in [0.3, 0.4) is 0 Å². The smallest absolute Gasteiger partial charge is 0.252 e. The molecular formula is C18H25ClN2O3S2. The highest BCUT2D eigenvalue weighted by molar-refractivity contribution is 7.99. The Hall–Kier alpha value is -0.760. The number of amides is 1. The van der Waals surface area contributed by atoms with Gasteiger partial charge in [0.2, 0.25) is 10.0 Å². The molecule has 1 amide bonds.